The molecule has 18 heavy (non-hydrogen) atoms. The van der Waals surface area contributed by atoms with Gasteiger partial charge in [0.2, 0.25) is 0 Å². The van der Waals surface area contributed by atoms with Crippen LogP contribution < -0.4 is 10.1 Å². The van der Waals surface area contributed by atoms with Gasteiger partial charge in [0.1, 0.15) is 5.75 Å². The predicted molar refractivity (Wildman–Crippen MR) is 71.2 cm³/mol. The van der Waals surface area contributed by atoms with Crippen LogP contribution >= 0.6 is 0 Å². The number of nitrogens with one attached hydrogen (secondary N) is 1. The van der Waals surface area contributed by atoms with Crippen LogP contribution in [0.4, 0.5) is 4.79 Å². The number of benzene rings is 1. The maximum Gasteiger partial charge on any atom is 0.406 e. The number of hydrogen-bond donors (Lipinski definition) is 1. The molecule has 0 heterocycles. The highest BCUT2D eigenvalue weighted by atomic mass is 16.5. The fourth-order valence-electron chi connectivity index (χ4n) is 1.81. The first-order chi connectivity index (χ1) is 8.40. The molecule has 0 saturated heterocycles. The Morgan fingerprint density at radius 3 is 2.56 bits per heavy atom. The van der Waals surface area contributed by atoms with E-state index in [0.29, 0.717) is 6.54 Å². The number of alkyl carbamates (subject to hydrolysis) is 1. The highest BCUT2D eigenvalue weighted by Crippen LogP contribution is 2.31. The molecular formula is C14H21NO3. The van der Waals surface area contributed by atoms with E-state index in [1.807, 2.05) is 19.1 Å². The van der Waals surface area contributed by atoms with Crippen LogP contribution in [0.15, 0.2) is 18.2 Å². The zero-order valence-corrected chi connectivity index (χ0v) is 11.7. The molecule has 0 bridgehead atoms. The molecule has 0 aromatic heterocycles. The lowest BCUT2D eigenvalue weighted by Gasteiger charge is -2.27. The van der Waals surface area contributed by atoms with E-state index in [9.17, 15) is 4.79 Å². The summed E-state index contributed by atoms with van der Waals surface area (Å²) in [5.41, 5.74) is 2.00. The van der Waals surface area contributed by atoms with E-state index in [4.69, 9.17) is 4.74 Å². The molecule has 1 N–H and O–H groups in total. The van der Waals surface area contributed by atoms with Gasteiger partial charge in [0.25, 0.3) is 0 Å². The fourth-order valence-corrected chi connectivity index (χ4v) is 1.81. The van der Waals surface area contributed by atoms with Crippen LogP contribution in [-0.2, 0) is 10.2 Å². The Hall–Kier alpha value is -1.71. The van der Waals surface area contributed by atoms with E-state index in [-0.39, 0.29) is 5.41 Å². The third-order valence-corrected chi connectivity index (χ3v) is 2.94. The van der Waals surface area contributed by atoms with Gasteiger partial charge in [-0.25, -0.2) is 4.79 Å². The third-order valence-electron chi connectivity index (χ3n) is 2.94. The summed E-state index contributed by atoms with van der Waals surface area (Å²) >= 11 is 0. The molecule has 1 amide bonds. The SMILES string of the molecule is COC(=O)NCC(C)(C)c1cc(C)ccc1OC. The van der Waals surface area contributed by atoms with Crippen molar-refractivity contribution in [3.63, 3.8) is 0 Å². The summed E-state index contributed by atoms with van der Waals surface area (Å²) in [7, 11) is 3.01. The second kappa shape index (κ2) is 5.76. The van der Waals surface area contributed by atoms with Crippen molar-refractivity contribution < 1.29 is 14.3 Å². The Kier molecular flexibility index (Phi) is 4.59. The first kappa shape index (κ1) is 14.4. The van der Waals surface area contributed by atoms with Gasteiger partial charge in [0.05, 0.1) is 14.2 Å². The van der Waals surface area contributed by atoms with Gasteiger partial charge in [-0.2, -0.15) is 0 Å². The quantitative estimate of drug-likeness (QED) is 0.895. The van der Waals surface area contributed by atoms with Gasteiger partial charge in [-0.05, 0) is 13.0 Å². The minimum absolute atomic E-state index is 0.231. The van der Waals surface area contributed by atoms with Crippen LogP contribution in [0.25, 0.3) is 0 Å². The fraction of sp³-hybridized carbons (Fsp3) is 0.500. The van der Waals surface area contributed by atoms with Crippen molar-refractivity contribution in [1.29, 1.82) is 0 Å². The monoisotopic (exact) mass is 251 g/mol. The Morgan fingerprint density at radius 1 is 1.33 bits per heavy atom. The number of rotatable bonds is 4. The highest BCUT2D eigenvalue weighted by Gasteiger charge is 2.25. The molecule has 0 unspecified atom stereocenters. The number of carbonyl (C=O) groups excluding carboxylic acids is 1. The van der Waals surface area contributed by atoms with Crippen molar-refractivity contribution in [1.82, 2.24) is 5.32 Å². The molecule has 0 spiro atoms. The van der Waals surface area contributed by atoms with Crippen LogP contribution in [0.2, 0.25) is 0 Å². The number of aryl methyl sites for hydroxylation is 1. The van der Waals surface area contributed by atoms with Crippen molar-refractivity contribution in [2.75, 3.05) is 20.8 Å². The average Bonchev–Trinajstić information content (AvgIpc) is 2.36. The molecule has 4 nitrogen and oxygen atoms in total. The van der Waals surface area contributed by atoms with Gasteiger partial charge in [-0.3, -0.25) is 0 Å². The van der Waals surface area contributed by atoms with Gasteiger partial charge < -0.3 is 14.8 Å². The Bertz CT molecular complexity index is 427. The summed E-state index contributed by atoms with van der Waals surface area (Å²) in [6, 6.07) is 6.04. The van der Waals surface area contributed by atoms with Crippen LogP contribution in [0.1, 0.15) is 25.0 Å². The largest absolute Gasteiger partial charge is 0.496 e. The molecule has 0 aliphatic carbocycles. The van der Waals surface area contributed by atoms with E-state index in [0.717, 1.165) is 16.9 Å². The van der Waals surface area contributed by atoms with Crippen LogP contribution in [0.5, 0.6) is 5.75 Å². The number of carbonyl (C=O) groups is 1. The molecular weight excluding hydrogens is 230 g/mol. The average molecular weight is 251 g/mol. The standard InChI is InChI=1S/C14H21NO3/c1-10-6-7-12(17-4)11(8-10)14(2,3)9-15-13(16)18-5/h6-8H,9H2,1-5H3,(H,15,16). The number of hydrogen-bond acceptors (Lipinski definition) is 3. The first-order valence-corrected chi connectivity index (χ1v) is 5.87. The second-order valence-corrected chi connectivity index (χ2v) is 4.93. The van der Waals surface area contributed by atoms with Crippen LogP contribution in [0, 0.1) is 6.92 Å². The first-order valence-electron chi connectivity index (χ1n) is 5.87. The summed E-state index contributed by atoms with van der Waals surface area (Å²) in [5.74, 6) is 0.831. The minimum atomic E-state index is -0.422. The van der Waals surface area contributed by atoms with E-state index >= 15 is 0 Å². The van der Waals surface area contributed by atoms with E-state index in [1.54, 1.807) is 7.11 Å². The zero-order valence-electron chi connectivity index (χ0n) is 11.7. The van der Waals surface area contributed by atoms with Gasteiger partial charge in [-0.15, -0.1) is 0 Å². The summed E-state index contributed by atoms with van der Waals surface area (Å²) in [6.07, 6.45) is -0.422. The van der Waals surface area contributed by atoms with Gasteiger partial charge in [0, 0.05) is 17.5 Å². The summed E-state index contributed by atoms with van der Waals surface area (Å²) in [4.78, 5) is 11.1. The second-order valence-electron chi connectivity index (χ2n) is 4.93. The lowest BCUT2D eigenvalue weighted by molar-refractivity contribution is 0.168. The molecule has 0 aliphatic heterocycles. The molecule has 0 atom stereocenters. The van der Waals surface area contributed by atoms with E-state index in [2.05, 4.69) is 30.0 Å². The van der Waals surface area contributed by atoms with Crippen molar-refractivity contribution in [2.45, 2.75) is 26.2 Å². The molecule has 0 aliphatic rings. The van der Waals surface area contributed by atoms with Crippen LogP contribution in [0.3, 0.4) is 0 Å². The predicted octanol–water partition coefficient (Wildman–Crippen LogP) is 2.64. The summed E-state index contributed by atoms with van der Waals surface area (Å²) in [5, 5.41) is 2.73. The molecule has 0 fully saturated rings. The van der Waals surface area contributed by atoms with Gasteiger partial charge >= 0.3 is 6.09 Å². The Morgan fingerprint density at radius 2 is 2.00 bits per heavy atom. The Labute approximate surface area is 108 Å². The molecule has 1 aromatic rings. The molecule has 1 aromatic carbocycles. The lowest BCUT2D eigenvalue weighted by atomic mass is 9.83. The number of methoxy groups -OCH3 is 2. The molecule has 0 saturated carbocycles. The highest BCUT2D eigenvalue weighted by molar-refractivity contribution is 5.67. The van der Waals surface area contributed by atoms with Crippen molar-refractivity contribution in [3.05, 3.63) is 29.3 Å². The molecule has 100 valence electrons. The van der Waals surface area contributed by atoms with E-state index < -0.39 is 6.09 Å². The Balaban J connectivity index is 2.95. The molecule has 4 heteroatoms. The molecule has 0 radical (unpaired) electrons. The molecule has 1 rings (SSSR count). The number of ether oxygens (including phenoxy) is 2. The van der Waals surface area contributed by atoms with Crippen molar-refractivity contribution >= 4 is 6.09 Å². The van der Waals surface area contributed by atoms with Gasteiger partial charge in [-0.1, -0.05) is 31.5 Å². The zero-order chi connectivity index (χ0) is 13.8. The van der Waals surface area contributed by atoms with Crippen LogP contribution in [-0.4, -0.2) is 26.9 Å². The topological polar surface area (TPSA) is 47.6 Å². The lowest BCUT2D eigenvalue weighted by Crippen LogP contribution is -2.36. The summed E-state index contributed by atoms with van der Waals surface area (Å²) in [6.45, 7) is 6.63. The summed E-state index contributed by atoms with van der Waals surface area (Å²) < 4.78 is 9.96. The number of amides is 1. The maximum absolute atomic E-state index is 11.1. The third kappa shape index (κ3) is 3.39. The van der Waals surface area contributed by atoms with Crippen molar-refractivity contribution in [2.24, 2.45) is 0 Å². The van der Waals surface area contributed by atoms with Gasteiger partial charge in [0.15, 0.2) is 0 Å². The smallest absolute Gasteiger partial charge is 0.406 e. The minimum Gasteiger partial charge on any atom is -0.496 e. The van der Waals surface area contributed by atoms with Crippen molar-refractivity contribution in [3.8, 4) is 5.75 Å². The normalized spacial score (nSPS) is 10.9. The van der Waals surface area contributed by atoms with E-state index in [1.165, 1.54) is 7.11 Å². The maximum atomic E-state index is 11.1.